The second-order valence-electron chi connectivity index (χ2n) is 7.31. The van der Waals surface area contributed by atoms with Gasteiger partial charge in [0.15, 0.2) is 5.76 Å². The van der Waals surface area contributed by atoms with Gasteiger partial charge in [0, 0.05) is 28.6 Å². The van der Waals surface area contributed by atoms with Crippen LogP contribution in [0, 0.1) is 10.1 Å². The number of hydrogen-bond acceptors (Lipinski definition) is 6. The third-order valence-corrected chi connectivity index (χ3v) is 5.32. The lowest BCUT2D eigenvalue weighted by Crippen LogP contribution is -2.10. The molecule has 0 saturated heterocycles. The highest BCUT2D eigenvalue weighted by molar-refractivity contribution is 6.31. The number of amides is 1. The first-order valence-electron chi connectivity index (χ1n) is 10.1. The Labute approximate surface area is 199 Å². The van der Waals surface area contributed by atoms with E-state index < -0.39 is 16.4 Å². The Morgan fingerprint density at radius 2 is 1.88 bits per heavy atom. The van der Waals surface area contributed by atoms with Crippen LogP contribution in [0.15, 0.2) is 88.5 Å². The Hall–Kier alpha value is -4.43. The summed E-state index contributed by atoms with van der Waals surface area (Å²) in [5.74, 6) is -0.663. The number of nitro benzene ring substituents is 1. The first kappa shape index (κ1) is 22.8. The molecule has 1 heterocycles. The smallest absolute Gasteiger partial charge is 0.311 e. The molecule has 0 bridgehead atoms. The molecule has 3 aromatic carbocycles. The molecule has 170 valence electrons. The Morgan fingerprint density at radius 3 is 2.56 bits per heavy atom. The van der Waals surface area contributed by atoms with Crippen LogP contribution in [0.1, 0.15) is 27.2 Å². The standard InChI is InChI=1S/C25H18ClN3O5/c26-21-5-2-1-4-17(21)12-16-13-18(24(30)22(14-16)29(32)33)15-27-19-7-9-20(10-8-19)28-25(31)23-6-3-11-34-23/h1-11,13-15,30H,12H2,(H,28,31). The predicted molar refractivity (Wildman–Crippen MR) is 129 cm³/mol. The highest BCUT2D eigenvalue weighted by atomic mass is 35.5. The molecule has 0 spiro atoms. The van der Waals surface area contributed by atoms with E-state index in [1.807, 2.05) is 12.1 Å². The number of nitrogens with one attached hydrogen (secondary N) is 1. The number of nitro groups is 1. The van der Waals surface area contributed by atoms with Crippen LogP contribution in [0.5, 0.6) is 5.75 Å². The average Bonchev–Trinajstić information content (AvgIpc) is 3.37. The number of halogens is 1. The van der Waals surface area contributed by atoms with Crippen molar-refractivity contribution in [3.05, 3.63) is 117 Å². The Bertz CT molecular complexity index is 1370. The van der Waals surface area contributed by atoms with Crippen molar-refractivity contribution < 1.29 is 19.2 Å². The van der Waals surface area contributed by atoms with Gasteiger partial charge in [0.25, 0.3) is 5.91 Å². The molecule has 1 amide bonds. The molecule has 0 fully saturated rings. The number of rotatable bonds is 7. The lowest BCUT2D eigenvalue weighted by Gasteiger charge is -2.08. The zero-order valence-corrected chi connectivity index (χ0v) is 18.4. The van der Waals surface area contributed by atoms with Crippen molar-refractivity contribution in [2.75, 3.05) is 5.32 Å². The molecule has 0 aliphatic heterocycles. The van der Waals surface area contributed by atoms with E-state index in [4.69, 9.17) is 16.0 Å². The molecule has 9 heteroatoms. The largest absolute Gasteiger partial charge is 0.502 e. The Morgan fingerprint density at radius 1 is 1.12 bits per heavy atom. The van der Waals surface area contributed by atoms with Crippen molar-refractivity contribution in [1.82, 2.24) is 0 Å². The molecule has 0 saturated carbocycles. The van der Waals surface area contributed by atoms with Crippen LogP contribution >= 0.6 is 11.6 Å². The van der Waals surface area contributed by atoms with Crippen molar-refractivity contribution in [1.29, 1.82) is 0 Å². The third-order valence-electron chi connectivity index (χ3n) is 4.95. The fourth-order valence-corrected chi connectivity index (χ4v) is 3.48. The van der Waals surface area contributed by atoms with Crippen molar-refractivity contribution in [2.45, 2.75) is 6.42 Å². The van der Waals surface area contributed by atoms with Crippen LogP contribution < -0.4 is 5.32 Å². The van der Waals surface area contributed by atoms with Crippen molar-refractivity contribution in [3.63, 3.8) is 0 Å². The van der Waals surface area contributed by atoms with E-state index in [2.05, 4.69) is 10.3 Å². The molecule has 0 aliphatic rings. The molecule has 1 aromatic heterocycles. The van der Waals surface area contributed by atoms with E-state index in [0.717, 1.165) is 5.56 Å². The first-order chi connectivity index (χ1) is 16.4. The van der Waals surface area contributed by atoms with E-state index in [-0.39, 0.29) is 17.2 Å². The number of aliphatic imine (C=N–C) groups is 1. The minimum absolute atomic E-state index is 0.191. The summed E-state index contributed by atoms with van der Waals surface area (Å²) in [7, 11) is 0. The van der Waals surface area contributed by atoms with E-state index in [1.165, 1.54) is 18.5 Å². The number of hydrogen-bond donors (Lipinski definition) is 2. The van der Waals surface area contributed by atoms with Gasteiger partial charge >= 0.3 is 5.69 Å². The lowest BCUT2D eigenvalue weighted by molar-refractivity contribution is -0.385. The quantitative estimate of drug-likeness (QED) is 0.189. The van der Waals surface area contributed by atoms with E-state index in [9.17, 15) is 20.0 Å². The van der Waals surface area contributed by atoms with E-state index in [0.29, 0.717) is 28.4 Å². The van der Waals surface area contributed by atoms with E-state index >= 15 is 0 Å². The van der Waals surface area contributed by atoms with Crippen LogP contribution in [0.3, 0.4) is 0 Å². The summed E-state index contributed by atoms with van der Waals surface area (Å²) < 4.78 is 5.06. The van der Waals surface area contributed by atoms with Gasteiger partial charge in [0.2, 0.25) is 5.75 Å². The normalized spacial score (nSPS) is 11.0. The lowest BCUT2D eigenvalue weighted by atomic mass is 10.0. The first-order valence-corrected chi connectivity index (χ1v) is 10.5. The van der Waals surface area contributed by atoms with Gasteiger partial charge in [0.1, 0.15) is 0 Å². The molecule has 4 aromatic rings. The van der Waals surface area contributed by atoms with Crippen LogP contribution in [-0.4, -0.2) is 22.2 Å². The van der Waals surface area contributed by atoms with Gasteiger partial charge in [-0.1, -0.05) is 29.8 Å². The fourth-order valence-electron chi connectivity index (χ4n) is 3.28. The number of benzene rings is 3. The van der Waals surface area contributed by atoms with Crippen molar-refractivity contribution >= 4 is 40.8 Å². The SMILES string of the molecule is O=C(Nc1ccc(N=Cc2cc(Cc3ccccc3Cl)cc([N+](=O)[O-])c2O)cc1)c1ccco1. The maximum Gasteiger partial charge on any atom is 0.311 e. The topological polar surface area (TPSA) is 118 Å². The van der Waals surface area contributed by atoms with Gasteiger partial charge in [-0.05, 0) is 66.1 Å². The predicted octanol–water partition coefficient (Wildman–Crippen LogP) is 6.14. The van der Waals surface area contributed by atoms with Crippen LogP contribution in [0.25, 0.3) is 0 Å². The van der Waals surface area contributed by atoms with E-state index in [1.54, 1.807) is 54.6 Å². The summed E-state index contributed by atoms with van der Waals surface area (Å²) >= 11 is 6.22. The summed E-state index contributed by atoms with van der Waals surface area (Å²) in [6, 6.07) is 20.0. The third kappa shape index (κ3) is 5.31. The van der Waals surface area contributed by atoms with Crippen LogP contribution in [-0.2, 0) is 6.42 Å². The minimum atomic E-state index is -0.640. The van der Waals surface area contributed by atoms with Gasteiger partial charge < -0.3 is 14.8 Å². The number of phenols is 1. The highest BCUT2D eigenvalue weighted by Gasteiger charge is 2.19. The number of carbonyl (C=O) groups excluding carboxylic acids is 1. The van der Waals surface area contributed by atoms with Gasteiger partial charge in [-0.2, -0.15) is 0 Å². The molecule has 0 atom stereocenters. The zero-order chi connectivity index (χ0) is 24.1. The maximum atomic E-state index is 12.1. The Balaban J connectivity index is 1.55. The number of aromatic hydroxyl groups is 1. The number of phenolic OH excluding ortho intramolecular Hbond substituents is 1. The van der Waals surface area contributed by atoms with Crippen LogP contribution in [0.2, 0.25) is 5.02 Å². The molecule has 0 radical (unpaired) electrons. The van der Waals surface area contributed by atoms with Gasteiger partial charge in [-0.15, -0.1) is 0 Å². The fraction of sp³-hybridized carbons (Fsp3) is 0.0400. The van der Waals surface area contributed by atoms with Crippen molar-refractivity contribution in [2.24, 2.45) is 4.99 Å². The van der Waals surface area contributed by atoms with Crippen molar-refractivity contribution in [3.8, 4) is 5.75 Å². The zero-order valence-electron chi connectivity index (χ0n) is 17.6. The molecule has 0 unspecified atom stereocenters. The molecular formula is C25H18ClN3O5. The Kier molecular flexibility index (Phi) is 6.70. The summed E-state index contributed by atoms with van der Waals surface area (Å²) in [6.45, 7) is 0. The molecule has 2 N–H and O–H groups in total. The summed E-state index contributed by atoms with van der Waals surface area (Å²) in [6.07, 6.45) is 3.12. The minimum Gasteiger partial charge on any atom is -0.502 e. The molecule has 34 heavy (non-hydrogen) atoms. The number of carbonyl (C=O) groups is 1. The molecule has 0 aliphatic carbocycles. The summed E-state index contributed by atoms with van der Waals surface area (Å²) in [4.78, 5) is 27.2. The second-order valence-corrected chi connectivity index (χ2v) is 7.72. The average molecular weight is 476 g/mol. The van der Waals surface area contributed by atoms with Gasteiger partial charge in [-0.3, -0.25) is 19.9 Å². The molecular weight excluding hydrogens is 458 g/mol. The number of anilines is 1. The molecule has 8 nitrogen and oxygen atoms in total. The van der Waals surface area contributed by atoms with Crippen LogP contribution in [0.4, 0.5) is 17.1 Å². The summed E-state index contributed by atoms with van der Waals surface area (Å²) in [5.41, 5.74) is 2.26. The van der Waals surface area contributed by atoms with Gasteiger partial charge in [-0.25, -0.2) is 0 Å². The summed E-state index contributed by atoms with van der Waals surface area (Å²) in [5, 5.41) is 25.1. The second kappa shape index (κ2) is 10.0. The highest BCUT2D eigenvalue weighted by Crippen LogP contribution is 2.32. The number of nitrogens with zero attached hydrogens (tertiary/aromatic N) is 2. The van der Waals surface area contributed by atoms with Gasteiger partial charge in [0.05, 0.1) is 16.9 Å². The monoisotopic (exact) mass is 475 g/mol. The molecule has 4 rings (SSSR count). The number of furan rings is 1. The maximum absolute atomic E-state index is 12.1.